The summed E-state index contributed by atoms with van der Waals surface area (Å²) in [4.78, 5) is 8.78. The summed E-state index contributed by atoms with van der Waals surface area (Å²) < 4.78 is 25.8. The Balaban J connectivity index is 1.46. The zero-order valence-corrected chi connectivity index (χ0v) is 27.0. The SMILES string of the molecule is COC1CC[C@]1(C)[C@H]1CC[C@H]2[C@@H]3[C@H](OCCN=[N+]=[N-])C[C@@H]4C[C@H](OCCN=[N+]=[N-])CC[C@]4(C)[C@H]3C[C@H](OCCN=[N+]=[N-])[C@@]21C. The van der Waals surface area contributed by atoms with E-state index in [-0.39, 0.29) is 40.7 Å². The normalized spacial score (nSPS) is 44.0. The molecule has 44 heavy (non-hydrogen) atoms. The van der Waals surface area contributed by atoms with Gasteiger partial charge in [-0.15, -0.1) is 0 Å². The summed E-state index contributed by atoms with van der Waals surface area (Å²) in [6.45, 7) is 9.74. The van der Waals surface area contributed by atoms with Gasteiger partial charge >= 0.3 is 0 Å². The third-order valence-electron chi connectivity index (χ3n) is 13.2. The highest BCUT2D eigenvalue weighted by molar-refractivity contribution is 5.18. The molecule has 0 spiro atoms. The number of ether oxygens (including phenoxy) is 4. The lowest BCUT2D eigenvalue weighted by Crippen LogP contribution is -2.65. The van der Waals surface area contributed by atoms with Crippen molar-refractivity contribution in [3.05, 3.63) is 31.3 Å². The van der Waals surface area contributed by atoms with Gasteiger partial charge in [0.25, 0.3) is 0 Å². The van der Waals surface area contributed by atoms with Crippen LogP contribution in [0, 0.1) is 45.8 Å². The summed E-state index contributed by atoms with van der Waals surface area (Å²) >= 11 is 0. The van der Waals surface area contributed by atoms with Crippen molar-refractivity contribution in [2.24, 2.45) is 61.2 Å². The molecule has 12 atom stereocenters. The topological polar surface area (TPSA) is 183 Å². The van der Waals surface area contributed by atoms with E-state index in [2.05, 4.69) is 50.8 Å². The van der Waals surface area contributed by atoms with Crippen LogP contribution >= 0.6 is 0 Å². The summed E-state index contributed by atoms with van der Waals surface area (Å²) in [6, 6.07) is 0. The van der Waals surface area contributed by atoms with Crippen molar-refractivity contribution in [1.29, 1.82) is 0 Å². The number of azide groups is 3. The number of hydrogen-bond acceptors (Lipinski definition) is 7. The second kappa shape index (κ2) is 14.0. The molecule has 0 amide bonds. The average Bonchev–Trinajstić information content (AvgIpc) is 3.37. The van der Waals surface area contributed by atoms with Crippen molar-refractivity contribution in [2.45, 2.75) is 103 Å². The van der Waals surface area contributed by atoms with Gasteiger partial charge in [0.05, 0.1) is 44.2 Å². The van der Waals surface area contributed by atoms with E-state index in [9.17, 15) is 0 Å². The first-order chi connectivity index (χ1) is 21.3. The van der Waals surface area contributed by atoms with Crippen LogP contribution in [0.15, 0.2) is 15.3 Å². The van der Waals surface area contributed by atoms with E-state index in [1.807, 2.05) is 7.11 Å². The van der Waals surface area contributed by atoms with Gasteiger partial charge in [0.15, 0.2) is 0 Å². The second-order valence-corrected chi connectivity index (χ2v) is 14.6. The lowest BCUT2D eigenvalue weighted by Gasteiger charge is -2.66. The minimum atomic E-state index is -0.0549. The Morgan fingerprint density at radius 2 is 1.32 bits per heavy atom. The van der Waals surface area contributed by atoms with Gasteiger partial charge in [-0.25, -0.2) is 0 Å². The van der Waals surface area contributed by atoms with Crippen LogP contribution in [0.25, 0.3) is 31.3 Å². The minimum absolute atomic E-state index is 0.0549. The monoisotopic (exact) mass is 613 g/mol. The third kappa shape index (κ3) is 5.89. The van der Waals surface area contributed by atoms with Crippen molar-refractivity contribution in [3.63, 3.8) is 0 Å². The molecule has 0 aromatic rings. The Bertz CT molecular complexity index is 1150. The number of fused-ring (bicyclic) bond motifs is 5. The van der Waals surface area contributed by atoms with Gasteiger partial charge in [-0.05, 0) is 115 Å². The van der Waals surface area contributed by atoms with Crippen molar-refractivity contribution in [3.8, 4) is 0 Å². The molecule has 0 radical (unpaired) electrons. The first-order valence-corrected chi connectivity index (χ1v) is 16.7. The number of rotatable bonds is 14. The van der Waals surface area contributed by atoms with Crippen LogP contribution in [0.2, 0.25) is 0 Å². The number of nitrogens with zero attached hydrogens (tertiary/aromatic N) is 9. The Hall–Kier alpha value is -2.23. The molecule has 0 aromatic carbocycles. The predicted octanol–water partition coefficient (Wildman–Crippen LogP) is 7.77. The summed E-state index contributed by atoms with van der Waals surface area (Å²) in [5.41, 5.74) is 26.6. The minimum Gasteiger partial charge on any atom is -0.381 e. The van der Waals surface area contributed by atoms with Crippen LogP contribution in [0.1, 0.15) is 78.6 Å². The first kappa shape index (κ1) is 33.1. The van der Waals surface area contributed by atoms with E-state index in [1.165, 1.54) is 6.42 Å². The van der Waals surface area contributed by atoms with E-state index < -0.39 is 0 Å². The van der Waals surface area contributed by atoms with E-state index >= 15 is 0 Å². The summed E-state index contributed by atoms with van der Waals surface area (Å²) in [7, 11) is 1.86. The van der Waals surface area contributed by atoms with E-state index in [0.717, 1.165) is 51.4 Å². The van der Waals surface area contributed by atoms with Gasteiger partial charge in [-0.2, -0.15) is 0 Å². The van der Waals surface area contributed by atoms with Crippen LogP contribution in [0.5, 0.6) is 0 Å². The predicted molar refractivity (Wildman–Crippen MR) is 165 cm³/mol. The van der Waals surface area contributed by atoms with Gasteiger partial charge in [-0.1, -0.05) is 36.1 Å². The quantitative estimate of drug-likeness (QED) is 0.0839. The zero-order valence-electron chi connectivity index (χ0n) is 27.0. The number of methoxy groups -OCH3 is 1. The van der Waals surface area contributed by atoms with Gasteiger partial charge < -0.3 is 18.9 Å². The highest BCUT2D eigenvalue weighted by atomic mass is 16.5. The van der Waals surface area contributed by atoms with E-state index in [4.69, 9.17) is 35.5 Å². The molecule has 5 saturated carbocycles. The highest BCUT2D eigenvalue weighted by Crippen LogP contribution is 2.72. The summed E-state index contributed by atoms with van der Waals surface area (Å²) in [5, 5.41) is 11.2. The molecule has 5 aliphatic carbocycles. The highest BCUT2D eigenvalue weighted by Gasteiger charge is 2.69. The summed E-state index contributed by atoms with van der Waals surface area (Å²) in [5.74, 6) is 2.15. The van der Waals surface area contributed by atoms with Crippen molar-refractivity contribution >= 4 is 0 Å². The molecule has 0 N–H and O–H groups in total. The number of hydrogen-bond donors (Lipinski definition) is 0. The average molecular weight is 614 g/mol. The molecule has 0 aliphatic heterocycles. The van der Waals surface area contributed by atoms with E-state index in [0.29, 0.717) is 69.0 Å². The lowest BCUT2D eigenvalue weighted by molar-refractivity contribution is -0.241. The molecule has 0 aromatic heterocycles. The van der Waals surface area contributed by atoms with Crippen molar-refractivity contribution in [2.75, 3.05) is 46.6 Å². The molecular weight excluding hydrogens is 562 g/mol. The Labute approximate surface area is 261 Å². The molecule has 5 fully saturated rings. The summed E-state index contributed by atoms with van der Waals surface area (Å²) in [6.07, 6.45) is 10.1. The fourth-order valence-electron chi connectivity index (χ4n) is 11.1. The molecule has 0 heterocycles. The maximum absolute atomic E-state index is 8.92. The molecule has 5 aliphatic rings. The molecule has 13 heteroatoms. The molecule has 5 rings (SSSR count). The van der Waals surface area contributed by atoms with Gasteiger partial charge in [0, 0.05) is 46.9 Å². The van der Waals surface area contributed by atoms with E-state index in [1.54, 1.807) is 0 Å². The zero-order chi connectivity index (χ0) is 31.4. The Morgan fingerprint density at radius 1 is 0.682 bits per heavy atom. The van der Waals surface area contributed by atoms with Crippen molar-refractivity contribution < 1.29 is 18.9 Å². The molecular formula is C31H51N9O4. The second-order valence-electron chi connectivity index (χ2n) is 14.6. The Kier molecular flexibility index (Phi) is 10.6. The smallest absolute Gasteiger partial charge is 0.0637 e. The van der Waals surface area contributed by atoms with Crippen LogP contribution in [-0.2, 0) is 18.9 Å². The molecule has 1 unspecified atom stereocenters. The maximum atomic E-state index is 8.92. The fraction of sp³-hybridized carbons (Fsp3) is 1.00. The van der Waals surface area contributed by atoms with Crippen LogP contribution in [-0.4, -0.2) is 71.0 Å². The van der Waals surface area contributed by atoms with Crippen LogP contribution in [0.4, 0.5) is 0 Å². The largest absolute Gasteiger partial charge is 0.381 e. The third-order valence-corrected chi connectivity index (χ3v) is 13.2. The molecule has 244 valence electrons. The molecule has 0 bridgehead atoms. The molecule has 13 nitrogen and oxygen atoms in total. The van der Waals surface area contributed by atoms with Crippen LogP contribution in [0.3, 0.4) is 0 Å². The van der Waals surface area contributed by atoms with Gasteiger partial charge in [0.1, 0.15) is 0 Å². The first-order valence-electron chi connectivity index (χ1n) is 16.7. The standard InChI is InChI=1S/C31H51N9O4/c1-29-9-7-21(42-14-11-35-38-32)17-20(29)18-24(43-15-12-36-39-33)28-22-5-6-25(30(2)10-8-26(30)41-4)31(22,3)27(19-23(28)29)44-16-13-37-40-34/h20-28H,5-19H2,1-4H3/t20-,21+,22-,23-,24+,25+,26?,27-,28-,29-,30+,31-/m0/s1. The van der Waals surface area contributed by atoms with Gasteiger partial charge in [0.2, 0.25) is 0 Å². The van der Waals surface area contributed by atoms with Gasteiger partial charge in [-0.3, -0.25) is 0 Å². The van der Waals surface area contributed by atoms with Crippen LogP contribution < -0.4 is 0 Å². The lowest BCUT2D eigenvalue weighted by atomic mass is 9.41. The maximum Gasteiger partial charge on any atom is 0.0637 e. The fourth-order valence-corrected chi connectivity index (χ4v) is 11.1. The van der Waals surface area contributed by atoms with Crippen molar-refractivity contribution in [1.82, 2.24) is 0 Å². The molecule has 0 saturated heterocycles. The Morgan fingerprint density at radius 3 is 1.93 bits per heavy atom.